The van der Waals surface area contributed by atoms with Gasteiger partial charge in [0.15, 0.2) is 5.82 Å². The standard InChI is InChI=1S/C25H29FN6O5S/c1-2-36-25(33)32-38(27,34)15-18-4-3-5-20(12-18)30-24-29-16-28-23(31-24)21-13-19(26)6-7-22(21)37-14-17-8-10-35-11-9-17/h3-7,12-13,16-17H,2,8-11,14-15H2,1H3,(H2,27,32,33,34)(H,28,29,30,31). The fraction of sp³-hybridized carbons (Fsp3) is 0.360. The Labute approximate surface area is 220 Å². The summed E-state index contributed by atoms with van der Waals surface area (Å²) in [6.07, 6.45) is 2.21. The Morgan fingerprint density at radius 2 is 2.03 bits per heavy atom. The van der Waals surface area contributed by atoms with Gasteiger partial charge < -0.3 is 19.5 Å². The molecule has 0 aliphatic carbocycles. The molecule has 1 aliphatic heterocycles. The number of carbonyl (C=O) groups excluding carboxylic acids is 1. The highest BCUT2D eigenvalue weighted by Crippen LogP contribution is 2.30. The van der Waals surface area contributed by atoms with Crippen molar-refractivity contribution in [3.8, 4) is 17.1 Å². The molecule has 3 aromatic rings. The molecule has 1 fully saturated rings. The highest BCUT2D eigenvalue weighted by atomic mass is 32.2. The number of anilines is 2. The van der Waals surface area contributed by atoms with Gasteiger partial charge in [-0.1, -0.05) is 12.1 Å². The van der Waals surface area contributed by atoms with E-state index in [1.165, 1.54) is 18.5 Å². The molecular formula is C25H29FN6O5S. The zero-order valence-corrected chi connectivity index (χ0v) is 21.6. The molecule has 1 atom stereocenters. The number of halogens is 1. The molecule has 0 spiro atoms. The number of benzene rings is 2. The summed E-state index contributed by atoms with van der Waals surface area (Å²) in [4.78, 5) is 24.4. The summed E-state index contributed by atoms with van der Waals surface area (Å²) in [6.45, 7) is 3.61. The Morgan fingerprint density at radius 3 is 2.82 bits per heavy atom. The molecule has 1 saturated heterocycles. The normalized spacial score (nSPS) is 15.3. The zero-order chi connectivity index (χ0) is 27.0. The monoisotopic (exact) mass is 544 g/mol. The number of amides is 1. The highest BCUT2D eigenvalue weighted by molar-refractivity contribution is 7.90. The van der Waals surface area contributed by atoms with Crippen molar-refractivity contribution in [2.45, 2.75) is 25.5 Å². The molecule has 1 unspecified atom stereocenters. The van der Waals surface area contributed by atoms with Crippen LogP contribution in [-0.4, -0.2) is 51.7 Å². The molecule has 13 heteroatoms. The van der Waals surface area contributed by atoms with E-state index in [1.54, 1.807) is 37.3 Å². The maximum atomic E-state index is 14.1. The minimum absolute atomic E-state index is 0.105. The van der Waals surface area contributed by atoms with Gasteiger partial charge in [0.1, 0.15) is 27.8 Å². The average Bonchev–Trinajstić information content (AvgIpc) is 2.88. The predicted octanol–water partition coefficient (Wildman–Crippen LogP) is 4.43. The van der Waals surface area contributed by atoms with Crippen LogP contribution in [0.15, 0.2) is 48.8 Å². The second kappa shape index (κ2) is 12.6. The summed E-state index contributed by atoms with van der Waals surface area (Å²) in [6, 6.07) is 11.0. The molecule has 0 radical (unpaired) electrons. The number of nitrogens with zero attached hydrogens (tertiary/aromatic N) is 3. The van der Waals surface area contributed by atoms with Gasteiger partial charge in [-0.15, -0.1) is 0 Å². The molecule has 2 heterocycles. The summed E-state index contributed by atoms with van der Waals surface area (Å²) >= 11 is 0. The Hall–Kier alpha value is -3.84. The van der Waals surface area contributed by atoms with Crippen molar-refractivity contribution in [3.63, 3.8) is 0 Å². The van der Waals surface area contributed by atoms with E-state index in [4.69, 9.17) is 19.0 Å². The van der Waals surface area contributed by atoms with Crippen LogP contribution in [-0.2, 0) is 25.1 Å². The Kier molecular flexibility index (Phi) is 9.02. The van der Waals surface area contributed by atoms with Crippen molar-refractivity contribution >= 4 is 27.6 Å². The van der Waals surface area contributed by atoms with Gasteiger partial charge in [-0.05, 0) is 61.6 Å². The lowest BCUT2D eigenvalue weighted by Gasteiger charge is -2.22. The van der Waals surface area contributed by atoms with Crippen molar-refractivity contribution in [1.29, 1.82) is 4.78 Å². The van der Waals surface area contributed by atoms with Crippen molar-refractivity contribution in [3.05, 3.63) is 60.2 Å². The Morgan fingerprint density at radius 1 is 1.21 bits per heavy atom. The molecule has 38 heavy (non-hydrogen) atoms. The topological polar surface area (TPSA) is 148 Å². The fourth-order valence-electron chi connectivity index (χ4n) is 3.84. The van der Waals surface area contributed by atoms with E-state index in [9.17, 15) is 13.4 Å². The number of hydrogen-bond acceptors (Lipinski definition) is 10. The van der Waals surface area contributed by atoms with Gasteiger partial charge >= 0.3 is 6.09 Å². The van der Waals surface area contributed by atoms with Crippen LogP contribution < -0.4 is 14.8 Å². The summed E-state index contributed by atoms with van der Waals surface area (Å²) in [5, 5.41) is 3.04. The van der Waals surface area contributed by atoms with E-state index >= 15 is 0 Å². The molecule has 202 valence electrons. The van der Waals surface area contributed by atoms with Crippen LogP contribution >= 0.6 is 0 Å². The van der Waals surface area contributed by atoms with Crippen LogP contribution in [0.5, 0.6) is 5.75 Å². The third-order valence-corrected chi connectivity index (χ3v) is 6.88. The van der Waals surface area contributed by atoms with Crippen molar-refractivity contribution < 1.29 is 27.6 Å². The highest BCUT2D eigenvalue weighted by Gasteiger charge is 2.18. The van der Waals surface area contributed by atoms with Gasteiger partial charge in [-0.3, -0.25) is 0 Å². The maximum absolute atomic E-state index is 14.1. The van der Waals surface area contributed by atoms with E-state index in [1.807, 2.05) is 0 Å². The molecule has 4 rings (SSSR count). The number of ether oxygens (including phenoxy) is 3. The fourth-order valence-corrected chi connectivity index (χ4v) is 4.89. The molecule has 1 amide bonds. The van der Waals surface area contributed by atoms with E-state index < -0.39 is 21.8 Å². The SMILES string of the molecule is CCOC(=O)NS(=N)(=O)Cc1cccc(Nc2ncnc(-c3cc(F)ccc3OCC3CCOCC3)n2)c1. The molecule has 0 saturated carbocycles. The first-order valence-electron chi connectivity index (χ1n) is 12.1. The van der Waals surface area contributed by atoms with Gasteiger partial charge in [0, 0.05) is 18.9 Å². The summed E-state index contributed by atoms with van der Waals surface area (Å²) in [5.41, 5.74) is 1.49. The number of nitrogens with one attached hydrogen (secondary N) is 3. The van der Waals surface area contributed by atoms with Crippen LogP contribution in [0.2, 0.25) is 0 Å². The first kappa shape index (κ1) is 27.2. The molecule has 2 aromatic carbocycles. The molecule has 3 N–H and O–H groups in total. The second-order valence-electron chi connectivity index (χ2n) is 8.61. The molecule has 0 bridgehead atoms. The number of hydrogen-bond donors (Lipinski definition) is 3. The van der Waals surface area contributed by atoms with Crippen LogP contribution in [0.25, 0.3) is 11.4 Å². The van der Waals surface area contributed by atoms with Crippen LogP contribution in [0, 0.1) is 16.5 Å². The van der Waals surface area contributed by atoms with E-state index in [2.05, 4.69) is 25.0 Å². The van der Waals surface area contributed by atoms with Crippen LogP contribution in [0.3, 0.4) is 0 Å². The minimum atomic E-state index is -3.46. The lowest BCUT2D eigenvalue weighted by atomic mass is 10.0. The first-order chi connectivity index (χ1) is 18.3. The number of rotatable bonds is 10. The minimum Gasteiger partial charge on any atom is -0.493 e. The summed E-state index contributed by atoms with van der Waals surface area (Å²) in [5.74, 6) is 0.583. The quantitative estimate of drug-likeness (QED) is 0.337. The van der Waals surface area contributed by atoms with E-state index in [-0.39, 0.29) is 24.1 Å². The molecule has 11 nitrogen and oxygen atoms in total. The average molecular weight is 545 g/mol. The molecular weight excluding hydrogens is 515 g/mol. The first-order valence-corrected chi connectivity index (χ1v) is 13.8. The largest absolute Gasteiger partial charge is 0.493 e. The van der Waals surface area contributed by atoms with Crippen LogP contribution in [0.4, 0.5) is 20.8 Å². The lowest BCUT2D eigenvalue weighted by Crippen LogP contribution is -2.31. The van der Waals surface area contributed by atoms with Gasteiger partial charge in [0.2, 0.25) is 5.95 Å². The van der Waals surface area contributed by atoms with Crippen molar-refractivity contribution in [2.24, 2.45) is 5.92 Å². The van der Waals surface area contributed by atoms with Crippen LogP contribution in [0.1, 0.15) is 25.3 Å². The summed E-state index contributed by atoms with van der Waals surface area (Å²) < 4.78 is 52.8. The molecule has 1 aliphatic rings. The van der Waals surface area contributed by atoms with Gasteiger partial charge in [0.05, 0.1) is 24.5 Å². The maximum Gasteiger partial charge on any atom is 0.419 e. The molecule has 1 aromatic heterocycles. The Balaban J connectivity index is 1.48. The second-order valence-corrected chi connectivity index (χ2v) is 10.5. The smallest absolute Gasteiger partial charge is 0.419 e. The number of carbonyl (C=O) groups is 1. The van der Waals surface area contributed by atoms with Gasteiger partial charge in [0.25, 0.3) is 0 Å². The van der Waals surface area contributed by atoms with E-state index in [0.29, 0.717) is 48.3 Å². The number of aromatic nitrogens is 3. The van der Waals surface area contributed by atoms with Gasteiger partial charge in [-0.2, -0.15) is 4.98 Å². The van der Waals surface area contributed by atoms with E-state index in [0.717, 1.165) is 12.8 Å². The Bertz CT molecular complexity index is 1370. The summed E-state index contributed by atoms with van der Waals surface area (Å²) in [7, 11) is -3.46. The third kappa shape index (κ3) is 7.83. The van der Waals surface area contributed by atoms with Gasteiger partial charge in [-0.25, -0.2) is 32.9 Å². The zero-order valence-electron chi connectivity index (χ0n) is 20.8. The third-order valence-electron chi connectivity index (χ3n) is 5.65. The lowest BCUT2D eigenvalue weighted by molar-refractivity contribution is 0.0498. The van der Waals surface area contributed by atoms with Crippen molar-refractivity contribution in [2.75, 3.05) is 31.7 Å². The predicted molar refractivity (Wildman–Crippen MR) is 139 cm³/mol. The van der Waals surface area contributed by atoms with Crippen molar-refractivity contribution in [1.82, 2.24) is 19.7 Å².